The van der Waals surface area contributed by atoms with Crippen molar-refractivity contribution in [3.63, 3.8) is 0 Å². The first-order valence-corrected chi connectivity index (χ1v) is 5.27. The van der Waals surface area contributed by atoms with Crippen LogP contribution in [0.5, 0.6) is 0 Å². The Labute approximate surface area is 89.9 Å². The third kappa shape index (κ3) is 2.12. The predicted molar refractivity (Wildman–Crippen MR) is 55.6 cm³/mol. The molecule has 1 aromatic rings. The van der Waals surface area contributed by atoms with E-state index in [1.165, 1.54) is 6.07 Å². The molecule has 0 fully saturated rings. The van der Waals surface area contributed by atoms with Crippen molar-refractivity contribution in [3.05, 3.63) is 34.6 Å². The Morgan fingerprint density at radius 2 is 2.21 bits per heavy atom. The first-order valence-electron chi connectivity index (χ1n) is 4.15. The van der Waals surface area contributed by atoms with Crippen molar-refractivity contribution in [2.45, 2.75) is 13.3 Å². The van der Waals surface area contributed by atoms with Gasteiger partial charge in [0.2, 0.25) is 0 Å². The zero-order chi connectivity index (χ0) is 10.7. The summed E-state index contributed by atoms with van der Waals surface area (Å²) in [5.41, 5.74) is 0.995. The maximum atomic E-state index is 13.4. The highest BCUT2D eigenvalue weighted by Crippen LogP contribution is 2.18. The smallest absolute Gasteiger partial charge is 0.338 e. The van der Waals surface area contributed by atoms with Crippen molar-refractivity contribution in [2.24, 2.45) is 0 Å². The summed E-state index contributed by atoms with van der Waals surface area (Å²) in [6.45, 7) is 1.60. The summed E-state index contributed by atoms with van der Waals surface area (Å²) in [7, 11) is 0. The minimum absolute atomic E-state index is 0.263. The third-order valence-electron chi connectivity index (χ3n) is 2.09. The lowest BCUT2D eigenvalue weighted by Gasteiger charge is -2.06. The van der Waals surface area contributed by atoms with Crippen LogP contribution in [0.15, 0.2) is 12.1 Å². The summed E-state index contributed by atoms with van der Waals surface area (Å²) in [5.74, 6) is -1.85. The molecule has 0 aliphatic carbocycles. The van der Waals surface area contributed by atoms with Crippen LogP contribution in [0.3, 0.4) is 0 Å². The summed E-state index contributed by atoms with van der Waals surface area (Å²) < 4.78 is 13.4. The van der Waals surface area contributed by atoms with Gasteiger partial charge in [-0.05, 0) is 30.5 Å². The van der Waals surface area contributed by atoms with Crippen LogP contribution in [-0.2, 0) is 6.42 Å². The minimum Gasteiger partial charge on any atom is -0.478 e. The third-order valence-corrected chi connectivity index (χ3v) is 2.49. The Bertz CT molecular complexity index is 363. The van der Waals surface area contributed by atoms with Crippen LogP contribution in [0.1, 0.15) is 21.5 Å². The number of carboxylic acids is 1. The second kappa shape index (κ2) is 4.55. The SMILES string of the molecule is Cc1c(CCBr)ccc(C(=O)O)c1F. The van der Waals surface area contributed by atoms with Crippen LogP contribution >= 0.6 is 15.9 Å². The number of carbonyl (C=O) groups is 1. The van der Waals surface area contributed by atoms with E-state index in [1.54, 1.807) is 13.0 Å². The van der Waals surface area contributed by atoms with Crippen molar-refractivity contribution in [1.29, 1.82) is 0 Å². The molecule has 0 unspecified atom stereocenters. The summed E-state index contributed by atoms with van der Waals surface area (Å²) in [6, 6.07) is 2.96. The molecular formula is C10H10BrFO2. The molecule has 0 spiro atoms. The number of halogens is 2. The first kappa shape index (κ1) is 11.2. The van der Waals surface area contributed by atoms with Gasteiger partial charge in [-0.15, -0.1) is 0 Å². The number of benzene rings is 1. The van der Waals surface area contributed by atoms with Crippen LogP contribution in [0.4, 0.5) is 4.39 Å². The molecule has 0 heterocycles. The first-order chi connectivity index (χ1) is 6.57. The Morgan fingerprint density at radius 3 is 2.71 bits per heavy atom. The summed E-state index contributed by atoms with van der Waals surface area (Å²) in [5, 5.41) is 9.40. The summed E-state index contributed by atoms with van der Waals surface area (Å²) >= 11 is 3.25. The molecule has 0 aliphatic heterocycles. The normalized spacial score (nSPS) is 10.2. The minimum atomic E-state index is -1.23. The number of alkyl halides is 1. The molecule has 0 radical (unpaired) electrons. The maximum absolute atomic E-state index is 13.4. The van der Waals surface area contributed by atoms with Gasteiger partial charge < -0.3 is 5.11 Å². The van der Waals surface area contributed by atoms with Crippen LogP contribution in [-0.4, -0.2) is 16.4 Å². The molecule has 4 heteroatoms. The highest BCUT2D eigenvalue weighted by atomic mass is 79.9. The molecular weight excluding hydrogens is 251 g/mol. The molecule has 0 aliphatic rings. The monoisotopic (exact) mass is 260 g/mol. The van der Waals surface area contributed by atoms with Gasteiger partial charge in [-0.2, -0.15) is 0 Å². The summed E-state index contributed by atoms with van der Waals surface area (Å²) in [4.78, 5) is 10.6. The highest BCUT2D eigenvalue weighted by molar-refractivity contribution is 9.09. The van der Waals surface area contributed by atoms with Gasteiger partial charge in [-0.1, -0.05) is 22.0 Å². The highest BCUT2D eigenvalue weighted by Gasteiger charge is 2.14. The van der Waals surface area contributed by atoms with Crippen molar-refractivity contribution in [3.8, 4) is 0 Å². The molecule has 76 valence electrons. The van der Waals surface area contributed by atoms with Crippen molar-refractivity contribution >= 4 is 21.9 Å². The quantitative estimate of drug-likeness (QED) is 0.849. The number of hydrogen-bond acceptors (Lipinski definition) is 1. The Morgan fingerprint density at radius 1 is 1.57 bits per heavy atom. The van der Waals surface area contributed by atoms with Crippen molar-refractivity contribution in [1.82, 2.24) is 0 Å². The fraction of sp³-hybridized carbons (Fsp3) is 0.300. The summed E-state index contributed by atoms with van der Waals surface area (Å²) in [6.07, 6.45) is 0.697. The van der Waals surface area contributed by atoms with Gasteiger partial charge in [0.05, 0.1) is 5.56 Å². The topological polar surface area (TPSA) is 37.3 Å². The van der Waals surface area contributed by atoms with E-state index in [0.29, 0.717) is 12.0 Å². The van der Waals surface area contributed by atoms with E-state index >= 15 is 0 Å². The van der Waals surface area contributed by atoms with Gasteiger partial charge in [-0.3, -0.25) is 0 Å². The average Bonchev–Trinajstić information content (AvgIpc) is 2.13. The van der Waals surface area contributed by atoms with Gasteiger partial charge in [-0.25, -0.2) is 9.18 Å². The van der Waals surface area contributed by atoms with Gasteiger partial charge in [0.25, 0.3) is 0 Å². The van der Waals surface area contributed by atoms with Crippen LogP contribution < -0.4 is 0 Å². The zero-order valence-corrected chi connectivity index (χ0v) is 9.27. The van der Waals surface area contributed by atoms with Crippen molar-refractivity contribution in [2.75, 3.05) is 5.33 Å². The van der Waals surface area contributed by atoms with Crippen LogP contribution in [0.2, 0.25) is 0 Å². The molecule has 0 aromatic heterocycles. The Hall–Kier alpha value is -0.900. The van der Waals surface area contributed by atoms with Crippen LogP contribution in [0, 0.1) is 12.7 Å². The van der Waals surface area contributed by atoms with E-state index in [9.17, 15) is 9.18 Å². The van der Waals surface area contributed by atoms with E-state index in [4.69, 9.17) is 5.11 Å². The van der Waals surface area contributed by atoms with Gasteiger partial charge in [0.15, 0.2) is 0 Å². The van der Waals surface area contributed by atoms with E-state index in [1.807, 2.05) is 0 Å². The van der Waals surface area contributed by atoms with Gasteiger partial charge >= 0.3 is 5.97 Å². The van der Waals surface area contributed by atoms with Gasteiger partial charge in [0, 0.05) is 5.33 Å². The maximum Gasteiger partial charge on any atom is 0.338 e. The van der Waals surface area contributed by atoms with E-state index < -0.39 is 11.8 Å². The molecule has 1 N–H and O–H groups in total. The molecule has 0 atom stereocenters. The second-order valence-corrected chi connectivity index (χ2v) is 3.75. The fourth-order valence-corrected chi connectivity index (χ4v) is 1.69. The van der Waals surface area contributed by atoms with Gasteiger partial charge in [0.1, 0.15) is 5.82 Å². The predicted octanol–water partition coefficient (Wildman–Crippen LogP) is 2.77. The lowest BCUT2D eigenvalue weighted by atomic mass is 10.0. The lowest BCUT2D eigenvalue weighted by molar-refractivity contribution is 0.0691. The number of aromatic carboxylic acids is 1. The number of hydrogen-bond donors (Lipinski definition) is 1. The van der Waals surface area contributed by atoms with E-state index in [2.05, 4.69) is 15.9 Å². The lowest BCUT2D eigenvalue weighted by Crippen LogP contribution is -2.04. The molecule has 2 nitrogen and oxygen atoms in total. The molecule has 0 saturated heterocycles. The zero-order valence-electron chi connectivity index (χ0n) is 7.68. The molecule has 0 saturated carbocycles. The molecule has 14 heavy (non-hydrogen) atoms. The van der Waals surface area contributed by atoms with Crippen molar-refractivity contribution < 1.29 is 14.3 Å². The number of carboxylic acid groups (broad SMARTS) is 1. The van der Waals surface area contributed by atoms with Crippen LogP contribution in [0.25, 0.3) is 0 Å². The number of aryl methyl sites for hydroxylation is 1. The Kier molecular flexibility index (Phi) is 3.63. The standard InChI is InChI=1S/C10H10BrFO2/c1-6-7(4-5-11)2-3-8(9(6)12)10(13)14/h2-3H,4-5H2,1H3,(H,13,14). The molecule has 1 aromatic carbocycles. The molecule has 0 bridgehead atoms. The van der Waals surface area contributed by atoms with E-state index in [0.717, 1.165) is 10.9 Å². The Balaban J connectivity index is 3.19. The van der Waals surface area contributed by atoms with E-state index in [-0.39, 0.29) is 5.56 Å². The second-order valence-electron chi connectivity index (χ2n) is 2.96. The largest absolute Gasteiger partial charge is 0.478 e. The molecule has 1 rings (SSSR count). The molecule has 0 amide bonds. The average molecular weight is 261 g/mol. The number of rotatable bonds is 3. The fourth-order valence-electron chi connectivity index (χ4n) is 1.26.